The molecule has 0 saturated carbocycles. The summed E-state index contributed by atoms with van der Waals surface area (Å²) in [6.07, 6.45) is 2.76. The standard InChI is InChI=1S/C15H26N2O2/c1-7-11-10-12(17-19-11)13(18)16-14(4,5)15(6,8-2)9-3/h10H,7-9H2,1-6H3,(H,16,18). The van der Waals surface area contributed by atoms with Crippen molar-refractivity contribution < 1.29 is 9.32 Å². The molecule has 1 aromatic heterocycles. The van der Waals surface area contributed by atoms with Crippen molar-refractivity contribution in [2.45, 2.75) is 66.3 Å². The van der Waals surface area contributed by atoms with Crippen LogP contribution in [0.15, 0.2) is 10.6 Å². The van der Waals surface area contributed by atoms with Gasteiger partial charge >= 0.3 is 0 Å². The maximum absolute atomic E-state index is 12.2. The summed E-state index contributed by atoms with van der Waals surface area (Å²) in [7, 11) is 0. The molecule has 0 radical (unpaired) electrons. The van der Waals surface area contributed by atoms with Gasteiger partial charge in [-0.25, -0.2) is 0 Å². The van der Waals surface area contributed by atoms with E-state index in [1.165, 1.54) is 0 Å². The zero-order chi connectivity index (χ0) is 14.7. The topological polar surface area (TPSA) is 55.1 Å². The van der Waals surface area contributed by atoms with Crippen LogP contribution in [-0.4, -0.2) is 16.6 Å². The number of nitrogens with one attached hydrogen (secondary N) is 1. The van der Waals surface area contributed by atoms with Crippen molar-refractivity contribution in [3.63, 3.8) is 0 Å². The Balaban J connectivity index is 2.85. The minimum atomic E-state index is -0.293. The number of aryl methyl sites for hydroxylation is 1. The Morgan fingerprint density at radius 2 is 1.84 bits per heavy atom. The lowest BCUT2D eigenvalue weighted by molar-refractivity contribution is 0.0740. The zero-order valence-corrected chi connectivity index (χ0v) is 13.0. The average Bonchev–Trinajstić information content (AvgIpc) is 2.85. The molecule has 0 bridgehead atoms. The van der Waals surface area contributed by atoms with Gasteiger partial charge in [-0.2, -0.15) is 0 Å². The minimum absolute atomic E-state index is 0.0555. The molecule has 1 rings (SSSR count). The van der Waals surface area contributed by atoms with E-state index < -0.39 is 0 Å². The maximum atomic E-state index is 12.2. The number of nitrogens with zero attached hydrogens (tertiary/aromatic N) is 1. The molecule has 4 nitrogen and oxygen atoms in total. The number of rotatable bonds is 6. The number of amides is 1. The van der Waals surface area contributed by atoms with Gasteiger partial charge in [0.1, 0.15) is 5.76 Å². The fourth-order valence-corrected chi connectivity index (χ4v) is 2.22. The van der Waals surface area contributed by atoms with E-state index in [0.29, 0.717) is 5.69 Å². The molecule has 0 atom stereocenters. The highest BCUT2D eigenvalue weighted by molar-refractivity contribution is 5.92. The van der Waals surface area contributed by atoms with E-state index in [1.807, 2.05) is 6.92 Å². The van der Waals surface area contributed by atoms with Crippen LogP contribution in [-0.2, 0) is 6.42 Å². The van der Waals surface area contributed by atoms with Crippen molar-refractivity contribution in [3.05, 3.63) is 17.5 Å². The van der Waals surface area contributed by atoms with Crippen LogP contribution in [0.3, 0.4) is 0 Å². The Bertz CT molecular complexity index is 431. The van der Waals surface area contributed by atoms with Gasteiger partial charge in [-0.3, -0.25) is 4.79 Å². The third-order valence-corrected chi connectivity index (χ3v) is 4.64. The largest absolute Gasteiger partial charge is 0.361 e. The highest BCUT2D eigenvalue weighted by atomic mass is 16.5. The predicted molar refractivity (Wildman–Crippen MR) is 76.1 cm³/mol. The van der Waals surface area contributed by atoms with E-state index in [0.717, 1.165) is 25.0 Å². The molecule has 0 aliphatic heterocycles. The van der Waals surface area contributed by atoms with Crippen LogP contribution in [0.5, 0.6) is 0 Å². The molecule has 19 heavy (non-hydrogen) atoms. The molecule has 1 N–H and O–H groups in total. The lowest BCUT2D eigenvalue weighted by Crippen LogP contribution is -2.54. The molecule has 0 aliphatic rings. The van der Waals surface area contributed by atoms with E-state index in [4.69, 9.17) is 4.52 Å². The molecule has 0 fully saturated rings. The van der Waals surface area contributed by atoms with Gasteiger partial charge in [-0.1, -0.05) is 32.9 Å². The smallest absolute Gasteiger partial charge is 0.273 e. The van der Waals surface area contributed by atoms with E-state index >= 15 is 0 Å². The fourth-order valence-electron chi connectivity index (χ4n) is 2.22. The van der Waals surface area contributed by atoms with E-state index in [-0.39, 0.29) is 16.9 Å². The van der Waals surface area contributed by atoms with Crippen LogP contribution < -0.4 is 5.32 Å². The Kier molecular flexibility index (Phi) is 4.77. The second-order valence-corrected chi connectivity index (χ2v) is 5.88. The van der Waals surface area contributed by atoms with Gasteiger partial charge in [-0.05, 0) is 32.1 Å². The predicted octanol–water partition coefficient (Wildman–Crippen LogP) is 3.57. The molecule has 1 amide bonds. The summed E-state index contributed by atoms with van der Waals surface area (Å²) in [5.41, 5.74) is 0.123. The van der Waals surface area contributed by atoms with Crippen molar-refractivity contribution >= 4 is 5.91 Å². The van der Waals surface area contributed by atoms with Gasteiger partial charge in [0.25, 0.3) is 5.91 Å². The maximum Gasteiger partial charge on any atom is 0.273 e. The number of aromatic nitrogens is 1. The quantitative estimate of drug-likeness (QED) is 0.856. The first-order valence-corrected chi connectivity index (χ1v) is 7.07. The van der Waals surface area contributed by atoms with E-state index in [2.05, 4.69) is 45.1 Å². The first kappa shape index (κ1) is 15.7. The number of carbonyl (C=O) groups excluding carboxylic acids is 1. The normalized spacial score (nSPS) is 12.5. The van der Waals surface area contributed by atoms with Crippen molar-refractivity contribution in [1.82, 2.24) is 10.5 Å². The first-order chi connectivity index (χ1) is 8.79. The highest BCUT2D eigenvalue weighted by Crippen LogP contribution is 2.37. The van der Waals surface area contributed by atoms with E-state index in [9.17, 15) is 4.79 Å². The molecular formula is C15H26N2O2. The van der Waals surface area contributed by atoms with Crippen molar-refractivity contribution in [2.24, 2.45) is 5.41 Å². The van der Waals surface area contributed by atoms with E-state index in [1.54, 1.807) is 6.07 Å². The monoisotopic (exact) mass is 266 g/mol. The Morgan fingerprint density at radius 1 is 1.26 bits per heavy atom. The Morgan fingerprint density at radius 3 is 2.26 bits per heavy atom. The summed E-state index contributed by atoms with van der Waals surface area (Å²) in [5, 5.41) is 6.91. The molecule has 4 heteroatoms. The number of hydrogen-bond acceptors (Lipinski definition) is 3. The van der Waals surface area contributed by atoms with Crippen LogP contribution >= 0.6 is 0 Å². The molecule has 0 aromatic carbocycles. The van der Waals surface area contributed by atoms with Crippen molar-refractivity contribution in [3.8, 4) is 0 Å². The summed E-state index contributed by atoms with van der Waals surface area (Å²) >= 11 is 0. The second-order valence-electron chi connectivity index (χ2n) is 5.88. The Hall–Kier alpha value is -1.32. The van der Waals surface area contributed by atoms with Gasteiger partial charge in [-0.15, -0.1) is 0 Å². The molecule has 0 saturated heterocycles. The zero-order valence-electron chi connectivity index (χ0n) is 13.0. The summed E-state index contributed by atoms with van der Waals surface area (Å²) in [4.78, 5) is 12.2. The Labute approximate surface area is 115 Å². The third-order valence-electron chi connectivity index (χ3n) is 4.64. The highest BCUT2D eigenvalue weighted by Gasteiger charge is 2.39. The molecule has 1 heterocycles. The van der Waals surface area contributed by atoms with Crippen LogP contribution in [0.25, 0.3) is 0 Å². The molecular weight excluding hydrogens is 240 g/mol. The second kappa shape index (κ2) is 5.76. The summed E-state index contributed by atoms with van der Waals surface area (Å²) in [5.74, 6) is 0.568. The summed E-state index contributed by atoms with van der Waals surface area (Å²) in [6, 6.07) is 1.71. The van der Waals surface area contributed by atoms with Crippen LogP contribution in [0.4, 0.5) is 0 Å². The number of carbonyl (C=O) groups is 1. The lowest BCUT2D eigenvalue weighted by Gasteiger charge is -2.44. The average molecular weight is 266 g/mol. The van der Waals surface area contributed by atoms with Gasteiger partial charge in [0.2, 0.25) is 0 Å². The van der Waals surface area contributed by atoms with Crippen LogP contribution in [0.2, 0.25) is 0 Å². The van der Waals surface area contributed by atoms with Crippen molar-refractivity contribution in [2.75, 3.05) is 0 Å². The summed E-state index contributed by atoms with van der Waals surface area (Å²) < 4.78 is 5.08. The van der Waals surface area contributed by atoms with Crippen LogP contribution in [0, 0.1) is 5.41 Å². The SMILES string of the molecule is CCc1cc(C(=O)NC(C)(C)C(C)(CC)CC)no1. The van der Waals surface area contributed by atoms with Gasteiger partial charge in [0.05, 0.1) is 0 Å². The van der Waals surface area contributed by atoms with Gasteiger partial charge < -0.3 is 9.84 Å². The lowest BCUT2D eigenvalue weighted by atomic mass is 9.69. The fraction of sp³-hybridized carbons (Fsp3) is 0.733. The molecule has 0 unspecified atom stereocenters. The summed E-state index contributed by atoms with van der Waals surface area (Å²) in [6.45, 7) is 12.6. The first-order valence-electron chi connectivity index (χ1n) is 7.07. The molecule has 0 spiro atoms. The van der Waals surface area contributed by atoms with Gasteiger partial charge in [0.15, 0.2) is 5.69 Å². The number of hydrogen-bond donors (Lipinski definition) is 1. The third kappa shape index (κ3) is 3.17. The van der Waals surface area contributed by atoms with Crippen LogP contribution in [0.1, 0.15) is 70.6 Å². The molecule has 108 valence electrons. The molecule has 0 aliphatic carbocycles. The minimum Gasteiger partial charge on any atom is -0.361 e. The molecule has 1 aromatic rings. The van der Waals surface area contributed by atoms with Gasteiger partial charge in [0, 0.05) is 18.0 Å². The van der Waals surface area contributed by atoms with Crippen molar-refractivity contribution in [1.29, 1.82) is 0 Å².